The topological polar surface area (TPSA) is 76.2 Å². The van der Waals surface area contributed by atoms with Gasteiger partial charge in [-0.15, -0.1) is 0 Å². The Labute approximate surface area is 128 Å². The molecule has 0 bridgehead atoms. The third kappa shape index (κ3) is 2.54. The van der Waals surface area contributed by atoms with Crippen molar-refractivity contribution in [2.24, 2.45) is 5.73 Å². The molecule has 6 heteroatoms. The zero-order valence-electron chi connectivity index (χ0n) is 11.6. The molecule has 3 N–H and O–H groups in total. The summed E-state index contributed by atoms with van der Waals surface area (Å²) in [5.41, 5.74) is 8.19. The summed E-state index contributed by atoms with van der Waals surface area (Å²) in [7, 11) is 0.185. The Kier molecular flexibility index (Phi) is 3.77. The molecule has 0 saturated heterocycles. The molecule has 2 unspecified atom stereocenters. The number of carboxylic acids is 1. The maximum Gasteiger partial charge on any atom is 0.334 e. The molecule has 1 aromatic heterocycles. The molecule has 0 aliphatic carbocycles. The maximum atomic E-state index is 12.9. The molecule has 112 valence electrons. The molecule has 2 heterocycles. The van der Waals surface area contributed by atoms with Crippen LogP contribution in [0.3, 0.4) is 0 Å². The lowest BCUT2D eigenvalue weighted by atomic mass is 9.95. The van der Waals surface area contributed by atoms with E-state index in [4.69, 9.17) is 5.73 Å². The third-order valence-electron chi connectivity index (χ3n) is 3.69. The van der Waals surface area contributed by atoms with E-state index >= 15 is 0 Å². The molecule has 0 amide bonds. The monoisotopic (exact) mass is 316 g/mol. The summed E-state index contributed by atoms with van der Waals surface area (Å²) in [5.74, 6) is -1.31. The average molecular weight is 316 g/mol. The van der Waals surface area contributed by atoms with Crippen LogP contribution in [0.25, 0.3) is 0 Å². The van der Waals surface area contributed by atoms with Crippen LogP contribution < -0.4 is 5.73 Å². The smallest absolute Gasteiger partial charge is 0.334 e. The number of hydrogen-bond donors (Lipinski definition) is 2. The van der Waals surface area contributed by atoms with Gasteiger partial charge in [0, 0.05) is 12.4 Å². The van der Waals surface area contributed by atoms with Crippen molar-refractivity contribution in [1.29, 1.82) is 0 Å². The zero-order chi connectivity index (χ0) is 15.7. The minimum absolute atomic E-state index is 0.185. The van der Waals surface area contributed by atoms with E-state index < -0.39 is 11.2 Å². The van der Waals surface area contributed by atoms with Crippen LogP contribution in [0.5, 0.6) is 0 Å². The fraction of sp³-hybridized carbons (Fsp3) is 0.125. The lowest BCUT2D eigenvalue weighted by Crippen LogP contribution is -2.43. The van der Waals surface area contributed by atoms with E-state index in [0.29, 0.717) is 6.42 Å². The lowest BCUT2D eigenvalue weighted by molar-refractivity contribution is -0.133. The van der Waals surface area contributed by atoms with Crippen LogP contribution in [-0.4, -0.2) is 16.1 Å². The van der Waals surface area contributed by atoms with Crippen molar-refractivity contribution >= 4 is 14.6 Å². The average Bonchev–Trinajstić information content (AvgIpc) is 2.48. The van der Waals surface area contributed by atoms with Gasteiger partial charge in [0.2, 0.25) is 0 Å². The van der Waals surface area contributed by atoms with Gasteiger partial charge in [-0.05, 0) is 47.1 Å². The predicted molar refractivity (Wildman–Crippen MR) is 83.2 cm³/mol. The number of aliphatic carboxylic acids is 1. The molecule has 0 spiro atoms. The van der Waals surface area contributed by atoms with Gasteiger partial charge in [0.15, 0.2) is 0 Å². The molecule has 3 rings (SSSR count). The minimum atomic E-state index is -1.00. The van der Waals surface area contributed by atoms with Crippen molar-refractivity contribution in [1.82, 2.24) is 4.98 Å². The number of hydrogen-bond acceptors (Lipinski definition) is 3. The first kappa shape index (κ1) is 14.8. The molecule has 0 saturated carbocycles. The fourth-order valence-electron chi connectivity index (χ4n) is 2.61. The first-order valence-electron chi connectivity index (χ1n) is 6.69. The molecule has 2 atom stereocenters. The van der Waals surface area contributed by atoms with Gasteiger partial charge in [-0.25, -0.2) is 9.18 Å². The van der Waals surface area contributed by atoms with Crippen molar-refractivity contribution in [2.75, 3.05) is 0 Å². The standard InChI is InChI=1S/C16H14FN2O2P/c17-12-3-1-10(2-4-12)9-13-14(15(20)21)16(18,22-13)11-5-7-19-8-6-11/h1-8,22H,9,18H2,(H,20,21). The highest BCUT2D eigenvalue weighted by Gasteiger charge is 2.46. The van der Waals surface area contributed by atoms with Crippen LogP contribution >= 0.6 is 8.58 Å². The summed E-state index contributed by atoms with van der Waals surface area (Å²) in [4.78, 5) is 15.5. The summed E-state index contributed by atoms with van der Waals surface area (Å²) in [6.07, 6.45) is 3.68. The summed E-state index contributed by atoms with van der Waals surface area (Å²) >= 11 is 0. The number of halogens is 1. The van der Waals surface area contributed by atoms with Crippen molar-refractivity contribution in [3.8, 4) is 0 Å². The quantitative estimate of drug-likeness (QED) is 0.850. The second-order valence-electron chi connectivity index (χ2n) is 5.13. The van der Waals surface area contributed by atoms with Crippen LogP contribution in [0.4, 0.5) is 4.39 Å². The molecule has 1 aromatic carbocycles. The summed E-state index contributed by atoms with van der Waals surface area (Å²) in [6, 6.07) is 9.55. The molecular formula is C16H14FN2O2P. The number of carboxylic acid groups (broad SMARTS) is 1. The largest absolute Gasteiger partial charge is 0.478 e. The second-order valence-corrected chi connectivity index (χ2v) is 6.77. The predicted octanol–water partition coefficient (Wildman–Crippen LogP) is 2.61. The van der Waals surface area contributed by atoms with E-state index in [1.54, 1.807) is 36.7 Å². The first-order valence-corrected chi connectivity index (χ1v) is 7.69. The number of nitrogens with two attached hydrogens (primary N) is 1. The van der Waals surface area contributed by atoms with Gasteiger partial charge in [-0.1, -0.05) is 20.7 Å². The SMILES string of the molecule is NC1(c2ccncc2)PC(Cc2ccc(F)cc2)=C1C(=O)O. The van der Waals surface area contributed by atoms with Crippen molar-refractivity contribution in [3.05, 3.63) is 76.6 Å². The van der Waals surface area contributed by atoms with Crippen molar-refractivity contribution in [2.45, 2.75) is 11.7 Å². The molecule has 0 radical (unpaired) electrons. The summed E-state index contributed by atoms with van der Waals surface area (Å²) in [5, 5.41) is 9.36. The van der Waals surface area contributed by atoms with E-state index in [2.05, 4.69) is 4.98 Å². The van der Waals surface area contributed by atoms with Gasteiger partial charge >= 0.3 is 5.97 Å². The number of aromatic nitrogens is 1. The summed E-state index contributed by atoms with van der Waals surface area (Å²) < 4.78 is 12.9. The summed E-state index contributed by atoms with van der Waals surface area (Å²) in [6.45, 7) is 0. The molecule has 1 aliphatic heterocycles. The Morgan fingerprint density at radius 3 is 2.45 bits per heavy atom. The number of allylic oxidation sites excluding steroid dienone is 1. The highest BCUT2D eigenvalue weighted by atomic mass is 31.1. The van der Waals surface area contributed by atoms with E-state index in [9.17, 15) is 14.3 Å². The number of rotatable bonds is 4. The van der Waals surface area contributed by atoms with Gasteiger partial charge in [0.1, 0.15) is 5.82 Å². The first-order chi connectivity index (χ1) is 10.5. The van der Waals surface area contributed by atoms with Crippen LogP contribution in [-0.2, 0) is 16.5 Å². The van der Waals surface area contributed by atoms with Gasteiger partial charge in [0.25, 0.3) is 0 Å². The van der Waals surface area contributed by atoms with Gasteiger partial charge < -0.3 is 10.8 Å². The Balaban J connectivity index is 1.94. The van der Waals surface area contributed by atoms with Crippen LogP contribution in [0, 0.1) is 5.82 Å². The molecular weight excluding hydrogens is 302 g/mol. The Bertz CT molecular complexity index is 747. The van der Waals surface area contributed by atoms with E-state index in [1.807, 2.05) is 0 Å². The molecule has 4 nitrogen and oxygen atoms in total. The maximum absolute atomic E-state index is 12.9. The zero-order valence-corrected chi connectivity index (χ0v) is 12.6. The minimum Gasteiger partial charge on any atom is -0.478 e. The number of carbonyl (C=O) groups is 1. The Morgan fingerprint density at radius 2 is 1.86 bits per heavy atom. The highest BCUT2D eigenvalue weighted by molar-refractivity contribution is 7.47. The number of pyridine rings is 1. The van der Waals surface area contributed by atoms with Crippen LogP contribution in [0.15, 0.2) is 59.7 Å². The highest BCUT2D eigenvalue weighted by Crippen LogP contribution is 2.59. The van der Waals surface area contributed by atoms with Gasteiger partial charge in [0.05, 0.1) is 10.9 Å². The lowest BCUT2D eigenvalue weighted by Gasteiger charge is -2.41. The normalized spacial score (nSPS) is 21.7. The fourth-order valence-corrected chi connectivity index (χ4v) is 4.31. The van der Waals surface area contributed by atoms with E-state index in [0.717, 1.165) is 16.4 Å². The molecule has 1 aliphatic rings. The van der Waals surface area contributed by atoms with E-state index in [1.165, 1.54) is 12.1 Å². The van der Waals surface area contributed by atoms with E-state index in [-0.39, 0.29) is 20.0 Å². The second kappa shape index (κ2) is 5.59. The van der Waals surface area contributed by atoms with Gasteiger partial charge in [-0.3, -0.25) is 4.98 Å². The number of nitrogens with zero attached hydrogens (tertiary/aromatic N) is 1. The molecule has 22 heavy (non-hydrogen) atoms. The van der Waals surface area contributed by atoms with Crippen molar-refractivity contribution in [3.63, 3.8) is 0 Å². The third-order valence-corrected chi connectivity index (χ3v) is 5.35. The molecule has 2 aromatic rings. The van der Waals surface area contributed by atoms with Gasteiger partial charge in [-0.2, -0.15) is 0 Å². The van der Waals surface area contributed by atoms with Crippen molar-refractivity contribution < 1.29 is 14.3 Å². The Morgan fingerprint density at radius 1 is 1.23 bits per heavy atom. The van der Waals surface area contributed by atoms with Crippen LogP contribution in [0.2, 0.25) is 0 Å². The number of benzene rings is 1. The molecule has 0 fully saturated rings. The van der Waals surface area contributed by atoms with Crippen LogP contribution in [0.1, 0.15) is 11.1 Å². The Hall–Kier alpha value is -2.10.